The lowest BCUT2D eigenvalue weighted by Gasteiger charge is -2.27. The third-order valence-electron chi connectivity index (χ3n) is 4.74. The number of nitrogens with zero attached hydrogens (tertiary/aromatic N) is 2. The van der Waals surface area contributed by atoms with E-state index in [1.54, 1.807) is 0 Å². The van der Waals surface area contributed by atoms with Crippen molar-refractivity contribution in [1.82, 2.24) is 4.90 Å². The molecule has 5 heteroatoms. The molecule has 1 heterocycles. The third kappa shape index (κ3) is 10.1. The van der Waals surface area contributed by atoms with Crippen molar-refractivity contribution in [2.24, 2.45) is 10.9 Å². The number of unbranched alkanes of at least 4 members (excludes halogenated alkanes) is 5. The SMILES string of the molecule is CCCCC[C@H](C)CN(C(=O)CCCCCCOCO)C1=CCCC=N1. The monoisotopic (exact) mass is 366 g/mol. The Hall–Kier alpha value is -1.20. The van der Waals surface area contributed by atoms with Gasteiger partial charge in [0.1, 0.15) is 12.6 Å². The summed E-state index contributed by atoms with van der Waals surface area (Å²) in [6.07, 6.45) is 15.3. The average molecular weight is 367 g/mol. The van der Waals surface area contributed by atoms with Gasteiger partial charge in [0.05, 0.1) is 0 Å². The van der Waals surface area contributed by atoms with Crippen molar-refractivity contribution in [3.05, 3.63) is 11.9 Å². The van der Waals surface area contributed by atoms with Crippen LogP contribution in [0, 0.1) is 5.92 Å². The predicted molar refractivity (Wildman–Crippen MR) is 107 cm³/mol. The zero-order chi connectivity index (χ0) is 19.0. The van der Waals surface area contributed by atoms with Crippen molar-refractivity contribution in [2.45, 2.75) is 84.5 Å². The van der Waals surface area contributed by atoms with Crippen molar-refractivity contribution in [2.75, 3.05) is 19.9 Å². The van der Waals surface area contributed by atoms with Crippen molar-refractivity contribution in [1.29, 1.82) is 0 Å². The van der Waals surface area contributed by atoms with Crippen LogP contribution in [-0.2, 0) is 9.53 Å². The molecule has 0 spiro atoms. The molecule has 0 aromatic carbocycles. The number of ether oxygens (including phenoxy) is 1. The van der Waals surface area contributed by atoms with E-state index in [-0.39, 0.29) is 12.7 Å². The first-order chi connectivity index (χ1) is 12.7. The second-order valence-electron chi connectivity index (χ2n) is 7.26. The van der Waals surface area contributed by atoms with Gasteiger partial charge in [-0.1, -0.05) is 46.0 Å². The van der Waals surface area contributed by atoms with Crippen LogP contribution in [0.4, 0.5) is 0 Å². The maximum Gasteiger partial charge on any atom is 0.228 e. The molecule has 0 saturated carbocycles. The Morgan fingerprint density at radius 1 is 1.23 bits per heavy atom. The fraction of sp³-hybridized carbons (Fsp3) is 0.810. The number of hydrogen-bond donors (Lipinski definition) is 1. The highest BCUT2D eigenvalue weighted by Crippen LogP contribution is 2.19. The lowest BCUT2D eigenvalue weighted by Crippen LogP contribution is -2.34. The van der Waals surface area contributed by atoms with Crippen LogP contribution < -0.4 is 0 Å². The Morgan fingerprint density at radius 2 is 2.04 bits per heavy atom. The summed E-state index contributed by atoms with van der Waals surface area (Å²) in [6, 6.07) is 0. The van der Waals surface area contributed by atoms with Gasteiger partial charge >= 0.3 is 0 Å². The summed E-state index contributed by atoms with van der Waals surface area (Å²) in [5.74, 6) is 1.54. The summed E-state index contributed by atoms with van der Waals surface area (Å²) in [6.45, 7) is 5.62. The van der Waals surface area contributed by atoms with E-state index in [0.717, 1.165) is 50.9 Å². The number of hydrogen-bond acceptors (Lipinski definition) is 4. The van der Waals surface area contributed by atoms with E-state index in [0.29, 0.717) is 18.9 Å². The van der Waals surface area contributed by atoms with Crippen LogP contribution in [0.15, 0.2) is 16.9 Å². The zero-order valence-corrected chi connectivity index (χ0v) is 16.8. The van der Waals surface area contributed by atoms with E-state index in [2.05, 4.69) is 24.9 Å². The summed E-state index contributed by atoms with van der Waals surface area (Å²) in [4.78, 5) is 19.2. The first-order valence-electron chi connectivity index (χ1n) is 10.4. The summed E-state index contributed by atoms with van der Waals surface area (Å²) < 4.78 is 4.92. The van der Waals surface area contributed by atoms with Gasteiger partial charge in [-0.25, -0.2) is 4.99 Å². The molecule has 0 aromatic rings. The number of aliphatic hydroxyl groups is 1. The van der Waals surface area contributed by atoms with Crippen molar-refractivity contribution in [3.63, 3.8) is 0 Å². The number of rotatable bonds is 15. The molecule has 150 valence electrons. The maximum absolute atomic E-state index is 12.8. The second-order valence-corrected chi connectivity index (χ2v) is 7.26. The lowest BCUT2D eigenvalue weighted by molar-refractivity contribution is -0.130. The molecule has 1 rings (SSSR count). The summed E-state index contributed by atoms with van der Waals surface area (Å²) in [7, 11) is 0. The molecule has 1 amide bonds. The third-order valence-corrected chi connectivity index (χ3v) is 4.74. The van der Waals surface area contributed by atoms with Gasteiger partial charge in [-0.15, -0.1) is 0 Å². The van der Waals surface area contributed by atoms with Gasteiger partial charge in [0.25, 0.3) is 0 Å². The predicted octanol–water partition coefficient (Wildman–Crippen LogP) is 4.65. The van der Waals surface area contributed by atoms with E-state index < -0.39 is 0 Å². The summed E-state index contributed by atoms with van der Waals surface area (Å²) >= 11 is 0. The van der Waals surface area contributed by atoms with Gasteiger partial charge in [0, 0.05) is 25.8 Å². The summed E-state index contributed by atoms with van der Waals surface area (Å²) in [5.41, 5.74) is 0. The zero-order valence-electron chi connectivity index (χ0n) is 16.8. The number of aliphatic hydroxyl groups excluding tert-OH is 1. The van der Waals surface area contributed by atoms with Crippen molar-refractivity contribution >= 4 is 12.1 Å². The molecule has 0 aromatic heterocycles. The highest BCUT2D eigenvalue weighted by molar-refractivity contribution is 5.78. The van der Waals surface area contributed by atoms with E-state index >= 15 is 0 Å². The van der Waals surface area contributed by atoms with Gasteiger partial charge in [-0.3, -0.25) is 9.69 Å². The highest BCUT2D eigenvalue weighted by atomic mass is 16.6. The molecule has 0 saturated heterocycles. The van der Waals surface area contributed by atoms with Crippen LogP contribution >= 0.6 is 0 Å². The minimum absolute atomic E-state index is 0.198. The van der Waals surface area contributed by atoms with Gasteiger partial charge in [0.15, 0.2) is 0 Å². The molecule has 1 atom stereocenters. The number of amides is 1. The van der Waals surface area contributed by atoms with Gasteiger partial charge in [-0.05, 0) is 44.1 Å². The van der Waals surface area contributed by atoms with Gasteiger partial charge < -0.3 is 9.84 Å². The Bertz CT molecular complexity index is 435. The summed E-state index contributed by atoms with van der Waals surface area (Å²) in [5, 5.41) is 8.58. The first kappa shape index (κ1) is 22.8. The molecule has 0 unspecified atom stereocenters. The van der Waals surface area contributed by atoms with E-state index in [1.807, 2.05) is 11.1 Å². The molecular formula is C21H38N2O3. The van der Waals surface area contributed by atoms with Gasteiger partial charge in [-0.2, -0.15) is 0 Å². The smallest absolute Gasteiger partial charge is 0.228 e. The fourth-order valence-electron chi connectivity index (χ4n) is 3.18. The number of allylic oxidation sites excluding steroid dienone is 1. The number of carbonyl (C=O) groups excluding carboxylic acids is 1. The Labute approximate surface area is 159 Å². The molecular weight excluding hydrogens is 328 g/mol. The Morgan fingerprint density at radius 3 is 2.73 bits per heavy atom. The lowest BCUT2D eigenvalue weighted by atomic mass is 10.0. The standard InChI is InChI=1S/C21H38N2O3/c1-3-4-7-12-19(2)17-23(20-13-9-10-15-22-20)21(25)14-8-5-6-11-16-26-18-24/h13,15,19,24H,3-12,14,16-18H2,1-2H3/t19-/m0/s1. The fourth-order valence-corrected chi connectivity index (χ4v) is 3.18. The van der Waals surface area contributed by atoms with Crippen LogP contribution in [0.25, 0.3) is 0 Å². The van der Waals surface area contributed by atoms with Gasteiger partial charge in [0.2, 0.25) is 5.91 Å². The topological polar surface area (TPSA) is 62.1 Å². The van der Waals surface area contributed by atoms with Crippen molar-refractivity contribution < 1.29 is 14.6 Å². The Balaban J connectivity index is 2.43. The minimum Gasteiger partial charge on any atom is -0.371 e. The van der Waals surface area contributed by atoms with E-state index in [9.17, 15) is 4.79 Å². The molecule has 5 nitrogen and oxygen atoms in total. The maximum atomic E-state index is 12.8. The molecule has 26 heavy (non-hydrogen) atoms. The normalized spacial score (nSPS) is 15.0. The molecule has 1 aliphatic heterocycles. The average Bonchev–Trinajstić information content (AvgIpc) is 2.66. The quantitative estimate of drug-likeness (QED) is 0.339. The molecule has 0 aliphatic carbocycles. The number of aliphatic imine (C=N–C) groups is 1. The van der Waals surface area contributed by atoms with Crippen LogP contribution in [0.1, 0.15) is 84.5 Å². The Kier molecular flexibility index (Phi) is 13.1. The van der Waals surface area contributed by atoms with Crippen LogP contribution in [0.3, 0.4) is 0 Å². The van der Waals surface area contributed by atoms with Crippen LogP contribution in [0.5, 0.6) is 0 Å². The van der Waals surface area contributed by atoms with E-state index in [1.165, 1.54) is 25.7 Å². The largest absolute Gasteiger partial charge is 0.371 e. The first-order valence-corrected chi connectivity index (χ1v) is 10.4. The van der Waals surface area contributed by atoms with Crippen LogP contribution in [-0.4, -0.2) is 42.1 Å². The van der Waals surface area contributed by atoms with Crippen LogP contribution in [0.2, 0.25) is 0 Å². The minimum atomic E-state index is -0.209. The second kappa shape index (κ2) is 14.9. The molecule has 0 fully saturated rings. The molecule has 1 N–H and O–H groups in total. The highest BCUT2D eigenvalue weighted by Gasteiger charge is 2.20. The number of carbonyl (C=O) groups is 1. The molecule has 0 bridgehead atoms. The molecule has 0 radical (unpaired) electrons. The van der Waals surface area contributed by atoms with E-state index in [4.69, 9.17) is 9.84 Å². The van der Waals surface area contributed by atoms with Crippen molar-refractivity contribution in [3.8, 4) is 0 Å². The molecule has 1 aliphatic rings.